The fourth-order valence-corrected chi connectivity index (χ4v) is 3.24. The molecule has 0 aliphatic carbocycles. The van der Waals surface area contributed by atoms with Crippen molar-refractivity contribution in [2.75, 3.05) is 7.11 Å². The molecular weight excluding hydrogens is 338 g/mol. The van der Waals surface area contributed by atoms with E-state index in [-0.39, 0.29) is 17.3 Å². The Morgan fingerprint density at radius 2 is 1.85 bits per heavy atom. The van der Waals surface area contributed by atoms with Crippen LogP contribution in [-0.4, -0.2) is 24.4 Å². The van der Waals surface area contributed by atoms with Gasteiger partial charge in [-0.05, 0) is 37.5 Å². The van der Waals surface area contributed by atoms with Gasteiger partial charge in [0.05, 0.1) is 7.11 Å². The van der Waals surface area contributed by atoms with Crippen molar-refractivity contribution in [3.05, 3.63) is 82.9 Å². The number of ether oxygens (including phenoxy) is 1. The Hall–Kier alpha value is -3.14. The highest BCUT2D eigenvalue weighted by molar-refractivity contribution is 6.08. The smallest absolute Gasteiger partial charge is 0.330 e. The van der Waals surface area contributed by atoms with Gasteiger partial charge in [0.25, 0.3) is 0 Å². The monoisotopic (exact) mass is 361 g/mol. The van der Waals surface area contributed by atoms with E-state index >= 15 is 0 Å². The third kappa shape index (κ3) is 4.53. The zero-order chi connectivity index (χ0) is 19.4. The Labute approximate surface area is 159 Å². The normalized spacial score (nSPS) is 16.6. The molecule has 1 aliphatic heterocycles. The topological polar surface area (TPSA) is 55.4 Å². The van der Waals surface area contributed by atoms with Crippen LogP contribution < -0.4 is 5.32 Å². The molecule has 2 aromatic carbocycles. The summed E-state index contributed by atoms with van der Waals surface area (Å²) in [6, 6.07) is 15.2. The summed E-state index contributed by atoms with van der Waals surface area (Å²) in [4.78, 5) is 24.0. The van der Waals surface area contributed by atoms with E-state index in [1.165, 1.54) is 13.2 Å². The predicted molar refractivity (Wildman–Crippen MR) is 107 cm³/mol. The van der Waals surface area contributed by atoms with Crippen molar-refractivity contribution in [3.8, 4) is 0 Å². The van der Waals surface area contributed by atoms with Gasteiger partial charge in [0, 0.05) is 34.5 Å². The molecule has 0 spiro atoms. The molecule has 4 heteroatoms. The quantitative estimate of drug-likeness (QED) is 0.508. The standard InChI is InChI=1S/C23H23NO3/c1-23(2)15-18-13-16(10-12-22(26)27-3)9-11-19(18)20(24-23)14-21(25)17-7-5-4-6-8-17/h4-14,24H,15H2,1-3H3. The third-order valence-electron chi connectivity index (χ3n) is 4.47. The van der Waals surface area contributed by atoms with Crippen molar-refractivity contribution < 1.29 is 14.3 Å². The molecular formula is C23H23NO3. The molecule has 4 nitrogen and oxygen atoms in total. The molecule has 0 unspecified atom stereocenters. The Morgan fingerprint density at radius 1 is 1.11 bits per heavy atom. The summed E-state index contributed by atoms with van der Waals surface area (Å²) in [5, 5.41) is 3.48. The molecule has 0 radical (unpaired) electrons. The predicted octanol–water partition coefficient (Wildman–Crippen LogP) is 4.02. The molecule has 138 valence electrons. The number of allylic oxidation sites excluding steroid dienone is 1. The Kier molecular flexibility index (Phi) is 5.26. The van der Waals surface area contributed by atoms with Crippen molar-refractivity contribution in [2.45, 2.75) is 25.8 Å². The van der Waals surface area contributed by atoms with Crippen LogP contribution >= 0.6 is 0 Å². The highest BCUT2D eigenvalue weighted by atomic mass is 16.5. The first-order valence-corrected chi connectivity index (χ1v) is 8.86. The molecule has 0 saturated carbocycles. The largest absolute Gasteiger partial charge is 0.466 e. The zero-order valence-corrected chi connectivity index (χ0v) is 15.8. The van der Waals surface area contributed by atoms with Crippen LogP contribution in [0.4, 0.5) is 0 Å². The molecule has 0 bridgehead atoms. The maximum Gasteiger partial charge on any atom is 0.330 e. The molecule has 0 atom stereocenters. The van der Waals surface area contributed by atoms with Crippen LogP contribution in [0.3, 0.4) is 0 Å². The van der Waals surface area contributed by atoms with Crippen LogP contribution in [0, 0.1) is 0 Å². The number of rotatable bonds is 4. The average molecular weight is 361 g/mol. The molecule has 27 heavy (non-hydrogen) atoms. The first-order chi connectivity index (χ1) is 12.9. The maximum atomic E-state index is 12.6. The van der Waals surface area contributed by atoms with Crippen LogP contribution in [-0.2, 0) is 16.0 Å². The summed E-state index contributed by atoms with van der Waals surface area (Å²) in [5.74, 6) is -0.417. The van der Waals surface area contributed by atoms with Crippen molar-refractivity contribution >= 4 is 23.5 Å². The van der Waals surface area contributed by atoms with Crippen molar-refractivity contribution in [2.24, 2.45) is 0 Å². The maximum absolute atomic E-state index is 12.6. The minimum atomic E-state index is -0.385. The number of methoxy groups -OCH3 is 1. The molecule has 3 rings (SSSR count). The third-order valence-corrected chi connectivity index (χ3v) is 4.47. The Balaban J connectivity index is 1.97. The highest BCUT2D eigenvalue weighted by Crippen LogP contribution is 2.31. The van der Waals surface area contributed by atoms with E-state index in [0.29, 0.717) is 5.56 Å². The second kappa shape index (κ2) is 7.62. The molecule has 1 heterocycles. The van der Waals surface area contributed by atoms with E-state index in [0.717, 1.165) is 28.8 Å². The van der Waals surface area contributed by atoms with Crippen molar-refractivity contribution in [3.63, 3.8) is 0 Å². The van der Waals surface area contributed by atoms with E-state index in [1.807, 2.05) is 42.5 Å². The number of ketones is 1. The number of carbonyl (C=O) groups is 2. The molecule has 0 aromatic heterocycles. The molecule has 1 aliphatic rings. The van der Waals surface area contributed by atoms with Gasteiger partial charge in [-0.3, -0.25) is 4.79 Å². The second-order valence-corrected chi connectivity index (χ2v) is 7.25. The summed E-state index contributed by atoms with van der Waals surface area (Å²) in [6.45, 7) is 4.21. The van der Waals surface area contributed by atoms with Gasteiger partial charge >= 0.3 is 5.97 Å². The number of fused-ring (bicyclic) bond motifs is 1. The molecule has 0 amide bonds. The lowest BCUT2D eigenvalue weighted by Gasteiger charge is -2.35. The number of esters is 1. The minimum absolute atomic E-state index is 0.0311. The molecule has 2 aromatic rings. The van der Waals surface area contributed by atoms with Crippen LogP contribution in [0.5, 0.6) is 0 Å². The number of hydrogen-bond donors (Lipinski definition) is 1. The Morgan fingerprint density at radius 3 is 2.56 bits per heavy atom. The van der Waals surface area contributed by atoms with Crippen LogP contribution in [0.2, 0.25) is 0 Å². The molecule has 0 saturated heterocycles. The summed E-state index contributed by atoms with van der Waals surface area (Å²) >= 11 is 0. The zero-order valence-electron chi connectivity index (χ0n) is 15.8. The van der Waals surface area contributed by atoms with Gasteiger partial charge in [0.1, 0.15) is 0 Å². The molecule has 0 fully saturated rings. The van der Waals surface area contributed by atoms with Crippen LogP contribution in [0.1, 0.15) is 40.9 Å². The van der Waals surface area contributed by atoms with Crippen LogP contribution in [0.25, 0.3) is 11.8 Å². The van der Waals surface area contributed by atoms with Gasteiger partial charge in [0.15, 0.2) is 5.78 Å². The van der Waals surface area contributed by atoms with Gasteiger partial charge in [-0.25, -0.2) is 4.79 Å². The number of benzene rings is 2. The fourth-order valence-electron chi connectivity index (χ4n) is 3.24. The first kappa shape index (κ1) is 18.6. The summed E-state index contributed by atoms with van der Waals surface area (Å²) in [6.07, 6.45) is 5.63. The van der Waals surface area contributed by atoms with Crippen LogP contribution in [0.15, 0.2) is 60.7 Å². The minimum Gasteiger partial charge on any atom is -0.466 e. The van der Waals surface area contributed by atoms with Crippen molar-refractivity contribution in [1.29, 1.82) is 0 Å². The summed E-state index contributed by atoms with van der Waals surface area (Å²) in [7, 11) is 1.36. The van der Waals surface area contributed by atoms with E-state index in [9.17, 15) is 9.59 Å². The van der Waals surface area contributed by atoms with Gasteiger partial charge in [-0.2, -0.15) is 0 Å². The van der Waals surface area contributed by atoms with E-state index in [1.54, 1.807) is 12.2 Å². The summed E-state index contributed by atoms with van der Waals surface area (Å²) < 4.78 is 4.64. The number of carbonyl (C=O) groups excluding carboxylic acids is 2. The number of hydrogen-bond acceptors (Lipinski definition) is 4. The van der Waals surface area contributed by atoms with Gasteiger partial charge < -0.3 is 10.1 Å². The SMILES string of the molecule is COC(=O)C=Cc1ccc2c(c1)CC(C)(C)NC2=CC(=O)c1ccccc1. The lowest BCUT2D eigenvalue weighted by Crippen LogP contribution is -2.43. The highest BCUT2D eigenvalue weighted by Gasteiger charge is 2.28. The lowest BCUT2D eigenvalue weighted by molar-refractivity contribution is -0.134. The van der Waals surface area contributed by atoms with Gasteiger partial charge in [0.2, 0.25) is 0 Å². The van der Waals surface area contributed by atoms with Gasteiger partial charge in [-0.15, -0.1) is 0 Å². The Bertz CT molecular complexity index is 924. The van der Waals surface area contributed by atoms with E-state index < -0.39 is 0 Å². The fraction of sp³-hybridized carbons (Fsp3) is 0.217. The van der Waals surface area contributed by atoms with E-state index in [4.69, 9.17) is 0 Å². The van der Waals surface area contributed by atoms with Crippen molar-refractivity contribution in [1.82, 2.24) is 5.32 Å². The van der Waals surface area contributed by atoms with E-state index in [2.05, 4.69) is 30.0 Å². The molecule has 1 N–H and O–H groups in total. The average Bonchev–Trinajstić information content (AvgIpc) is 2.65. The number of nitrogens with one attached hydrogen (secondary N) is 1. The lowest BCUT2D eigenvalue weighted by atomic mass is 9.84. The first-order valence-electron chi connectivity index (χ1n) is 8.86. The summed E-state index contributed by atoms with van der Waals surface area (Å²) in [5.41, 5.74) is 4.37. The second-order valence-electron chi connectivity index (χ2n) is 7.25. The van der Waals surface area contributed by atoms with Gasteiger partial charge in [-0.1, -0.05) is 48.5 Å².